The third-order valence-electron chi connectivity index (χ3n) is 4.17. The molecule has 134 valence electrons. The second-order valence-corrected chi connectivity index (χ2v) is 7.48. The van der Waals surface area contributed by atoms with Crippen LogP contribution in [0.3, 0.4) is 0 Å². The number of aliphatic hydroxyl groups is 1. The number of nitrogens with one attached hydrogen (secondary N) is 1. The molecule has 0 radical (unpaired) electrons. The van der Waals surface area contributed by atoms with E-state index < -0.39 is 17.6 Å². The van der Waals surface area contributed by atoms with E-state index in [0.717, 1.165) is 26.5 Å². The summed E-state index contributed by atoms with van der Waals surface area (Å²) in [5, 5.41) is 12.1. The summed E-state index contributed by atoms with van der Waals surface area (Å²) in [5.41, 5.74) is 2.40. The number of aliphatic hydroxyl groups excluding tert-OH is 1. The summed E-state index contributed by atoms with van der Waals surface area (Å²) < 4.78 is 13.3. The largest absolute Gasteiger partial charge is 0.502 e. The number of carbonyl (C=O) groups is 2. The van der Waals surface area contributed by atoms with Crippen LogP contribution in [-0.4, -0.2) is 16.9 Å². The number of thiophene rings is 1. The lowest BCUT2D eigenvalue weighted by atomic mass is 10.0. The molecular formula is C20H12FNO3S2. The average Bonchev–Trinajstić information content (AvgIpc) is 3.17. The first kappa shape index (κ1) is 17.5. The highest BCUT2D eigenvalue weighted by Crippen LogP contribution is 2.43. The van der Waals surface area contributed by atoms with Crippen molar-refractivity contribution < 1.29 is 19.1 Å². The van der Waals surface area contributed by atoms with Crippen molar-refractivity contribution in [3.05, 3.63) is 71.1 Å². The number of hydrogen-bond acceptors (Lipinski definition) is 5. The highest BCUT2D eigenvalue weighted by atomic mass is 32.1. The summed E-state index contributed by atoms with van der Waals surface area (Å²) in [6.45, 7) is 0. The van der Waals surface area contributed by atoms with Gasteiger partial charge in [0.2, 0.25) is 0 Å². The molecule has 2 aromatic carbocycles. The number of benzene rings is 2. The van der Waals surface area contributed by atoms with E-state index in [1.54, 1.807) is 18.2 Å². The molecule has 2 N–H and O–H groups in total. The van der Waals surface area contributed by atoms with E-state index in [4.69, 9.17) is 0 Å². The zero-order valence-electron chi connectivity index (χ0n) is 13.7. The summed E-state index contributed by atoms with van der Waals surface area (Å²) in [6, 6.07) is 15.2. The molecule has 1 aliphatic rings. The van der Waals surface area contributed by atoms with Gasteiger partial charge in [-0.3, -0.25) is 14.9 Å². The van der Waals surface area contributed by atoms with Crippen LogP contribution < -0.4 is 5.32 Å². The number of hydrogen-bond donors (Lipinski definition) is 3. The Balaban J connectivity index is 1.92. The highest BCUT2D eigenvalue weighted by molar-refractivity contribution is 7.80. The molecule has 3 aromatic rings. The first-order valence-electron chi connectivity index (χ1n) is 7.92. The average molecular weight is 397 g/mol. The molecule has 27 heavy (non-hydrogen) atoms. The van der Waals surface area contributed by atoms with Gasteiger partial charge in [-0.2, -0.15) is 0 Å². The molecule has 4 rings (SSSR count). The Labute approximate surface area is 163 Å². The number of thiol groups is 1. The molecule has 4 nitrogen and oxygen atoms in total. The first-order valence-corrected chi connectivity index (χ1v) is 9.19. The minimum Gasteiger partial charge on any atom is -0.502 e. The van der Waals surface area contributed by atoms with Gasteiger partial charge in [0.25, 0.3) is 11.8 Å². The molecule has 0 spiro atoms. The monoisotopic (exact) mass is 397 g/mol. The van der Waals surface area contributed by atoms with Gasteiger partial charge >= 0.3 is 0 Å². The normalized spacial score (nSPS) is 14.0. The van der Waals surface area contributed by atoms with Crippen LogP contribution in [-0.2, 0) is 9.59 Å². The fourth-order valence-corrected chi connectivity index (χ4v) is 4.24. The topological polar surface area (TPSA) is 66.4 Å². The molecule has 0 saturated carbocycles. The van der Waals surface area contributed by atoms with E-state index in [0.29, 0.717) is 4.88 Å². The Kier molecular flexibility index (Phi) is 4.33. The summed E-state index contributed by atoms with van der Waals surface area (Å²) in [5.74, 6) is -2.39. The Hall–Kier alpha value is -2.90. The van der Waals surface area contributed by atoms with Crippen LogP contribution >= 0.6 is 24.0 Å². The van der Waals surface area contributed by atoms with Crippen molar-refractivity contribution in [2.24, 2.45) is 0 Å². The number of rotatable bonds is 3. The van der Waals surface area contributed by atoms with Gasteiger partial charge in [-0.05, 0) is 41.5 Å². The van der Waals surface area contributed by atoms with E-state index in [9.17, 15) is 19.1 Å². The number of carbonyl (C=O) groups excluding carboxylic acids is 2. The smallest absolute Gasteiger partial charge is 0.293 e. The fourth-order valence-electron chi connectivity index (χ4n) is 2.86. The van der Waals surface area contributed by atoms with Crippen LogP contribution in [0.4, 0.5) is 4.39 Å². The van der Waals surface area contributed by atoms with E-state index in [1.165, 1.54) is 23.5 Å². The number of halogens is 1. The summed E-state index contributed by atoms with van der Waals surface area (Å²) in [7, 11) is 0. The van der Waals surface area contributed by atoms with Gasteiger partial charge in [0, 0.05) is 20.2 Å². The first-order chi connectivity index (χ1) is 12.9. The van der Waals surface area contributed by atoms with E-state index in [1.807, 2.05) is 24.3 Å². The van der Waals surface area contributed by atoms with Crippen LogP contribution in [0.2, 0.25) is 0 Å². The lowest BCUT2D eigenvalue weighted by Crippen LogP contribution is -2.22. The van der Waals surface area contributed by atoms with Gasteiger partial charge in [-0.25, -0.2) is 4.39 Å². The molecule has 0 atom stereocenters. The maximum absolute atomic E-state index is 13.3. The van der Waals surface area contributed by atoms with Crippen molar-refractivity contribution in [1.29, 1.82) is 0 Å². The lowest BCUT2D eigenvalue weighted by molar-refractivity contribution is -0.124. The minimum absolute atomic E-state index is 0.0505. The second-order valence-electron chi connectivity index (χ2n) is 5.91. The van der Waals surface area contributed by atoms with Gasteiger partial charge in [-0.1, -0.05) is 24.3 Å². The fraction of sp³-hybridized carbons (Fsp3) is 0. The van der Waals surface area contributed by atoms with Crippen LogP contribution in [0, 0.1) is 5.82 Å². The molecule has 1 aliphatic heterocycles. The van der Waals surface area contributed by atoms with Gasteiger partial charge in [-0.15, -0.1) is 24.0 Å². The van der Waals surface area contributed by atoms with Crippen molar-refractivity contribution in [1.82, 2.24) is 5.32 Å². The summed E-state index contributed by atoms with van der Waals surface area (Å²) >= 11 is 5.54. The summed E-state index contributed by atoms with van der Waals surface area (Å²) in [6.07, 6.45) is 0. The van der Waals surface area contributed by atoms with Crippen LogP contribution in [0.5, 0.6) is 0 Å². The molecule has 0 unspecified atom stereocenters. The molecule has 0 aliphatic carbocycles. The Bertz CT molecular complexity index is 1040. The molecule has 0 saturated heterocycles. The van der Waals surface area contributed by atoms with Crippen LogP contribution in [0.25, 0.3) is 27.1 Å². The third kappa shape index (κ3) is 3.15. The lowest BCUT2D eigenvalue weighted by Gasteiger charge is -2.05. The van der Waals surface area contributed by atoms with Gasteiger partial charge in [0.15, 0.2) is 5.76 Å². The molecule has 7 heteroatoms. The Morgan fingerprint density at radius 1 is 0.926 bits per heavy atom. The van der Waals surface area contributed by atoms with Gasteiger partial charge in [0.05, 0.1) is 0 Å². The predicted octanol–water partition coefficient (Wildman–Crippen LogP) is 4.44. The highest BCUT2D eigenvalue weighted by Gasteiger charge is 2.33. The standard InChI is InChI=1S/C20H12FNO3S2/c21-12-5-1-11(2-6-12)18-14(10-3-7-13(26)8-4-10)9-15(27-18)16-17(23)20(25)22-19(16)24/h1-9,26H,(H2,22,23,24,25). The Morgan fingerprint density at radius 2 is 1.56 bits per heavy atom. The molecule has 1 aromatic heterocycles. The zero-order valence-corrected chi connectivity index (χ0v) is 15.4. The maximum atomic E-state index is 13.3. The van der Waals surface area contributed by atoms with Gasteiger partial charge < -0.3 is 5.11 Å². The molecule has 2 heterocycles. The zero-order chi connectivity index (χ0) is 19.1. The van der Waals surface area contributed by atoms with E-state index in [2.05, 4.69) is 17.9 Å². The molecule has 0 fully saturated rings. The Morgan fingerprint density at radius 3 is 2.15 bits per heavy atom. The van der Waals surface area contributed by atoms with Crippen molar-refractivity contribution in [3.8, 4) is 21.6 Å². The summed E-state index contributed by atoms with van der Waals surface area (Å²) in [4.78, 5) is 25.7. The van der Waals surface area contributed by atoms with E-state index >= 15 is 0 Å². The third-order valence-corrected chi connectivity index (χ3v) is 5.67. The predicted molar refractivity (Wildman–Crippen MR) is 105 cm³/mol. The second kappa shape index (κ2) is 6.68. The molecule has 0 bridgehead atoms. The number of imide groups is 1. The number of amides is 2. The van der Waals surface area contributed by atoms with Crippen molar-refractivity contribution >= 4 is 41.4 Å². The van der Waals surface area contributed by atoms with Crippen molar-refractivity contribution in [3.63, 3.8) is 0 Å². The van der Waals surface area contributed by atoms with Crippen LogP contribution in [0.1, 0.15) is 4.88 Å². The maximum Gasteiger partial charge on any atom is 0.293 e. The minimum atomic E-state index is -0.812. The SMILES string of the molecule is O=C1NC(=O)C(c2cc(-c3ccc(S)cc3)c(-c3ccc(F)cc3)s2)=C1O. The quantitative estimate of drug-likeness (QED) is 0.452. The van der Waals surface area contributed by atoms with Crippen molar-refractivity contribution in [2.75, 3.05) is 0 Å². The van der Waals surface area contributed by atoms with Crippen LogP contribution in [0.15, 0.2) is 65.3 Å². The van der Waals surface area contributed by atoms with Gasteiger partial charge in [0.1, 0.15) is 11.4 Å². The van der Waals surface area contributed by atoms with Crippen molar-refractivity contribution in [2.45, 2.75) is 4.90 Å². The molecular weight excluding hydrogens is 385 g/mol. The van der Waals surface area contributed by atoms with E-state index in [-0.39, 0.29) is 11.4 Å². The molecule has 2 amide bonds.